The predicted molar refractivity (Wildman–Crippen MR) is 73.6 cm³/mol. The first-order valence-electron chi connectivity index (χ1n) is 5.53. The minimum Gasteiger partial charge on any atom is -0.481 e. The van der Waals surface area contributed by atoms with Crippen molar-refractivity contribution in [3.05, 3.63) is 39.4 Å². The number of aromatic nitrogens is 3. The van der Waals surface area contributed by atoms with Crippen molar-refractivity contribution in [1.29, 1.82) is 0 Å². The van der Waals surface area contributed by atoms with Gasteiger partial charge in [-0.05, 0) is 43.8 Å². The Hall–Kier alpha value is -1.33. The number of rotatable bonds is 3. The molecule has 0 amide bonds. The lowest BCUT2D eigenvalue weighted by molar-refractivity contribution is 0.212. The molecule has 96 valence electrons. The number of halogens is 1. The van der Waals surface area contributed by atoms with Crippen LogP contribution >= 0.6 is 23.8 Å². The summed E-state index contributed by atoms with van der Waals surface area (Å²) in [5.41, 5.74) is 1.09. The van der Waals surface area contributed by atoms with Crippen LogP contribution in [0.1, 0.15) is 24.4 Å². The molecule has 0 saturated heterocycles. The normalized spacial score (nSPS) is 12.4. The van der Waals surface area contributed by atoms with Crippen LogP contribution in [0.5, 0.6) is 5.75 Å². The third kappa shape index (κ3) is 2.57. The van der Waals surface area contributed by atoms with E-state index in [2.05, 4.69) is 10.2 Å². The maximum absolute atomic E-state index is 6.09. The monoisotopic (exact) mass is 283 g/mol. The van der Waals surface area contributed by atoms with Crippen molar-refractivity contribution in [3.63, 3.8) is 0 Å². The van der Waals surface area contributed by atoms with Gasteiger partial charge in [-0.25, -0.2) is 0 Å². The summed E-state index contributed by atoms with van der Waals surface area (Å²) < 4.78 is 8.17. The SMILES string of the molecule is Cc1ccc(Cl)c(OC(C)c2n[nH]c(=S)n2C)c1. The first-order valence-corrected chi connectivity index (χ1v) is 6.31. The second-order valence-electron chi connectivity index (χ2n) is 4.14. The van der Waals surface area contributed by atoms with Gasteiger partial charge in [0, 0.05) is 7.05 Å². The maximum Gasteiger partial charge on any atom is 0.195 e. The van der Waals surface area contributed by atoms with E-state index in [1.54, 1.807) is 4.57 Å². The topological polar surface area (TPSA) is 42.8 Å². The molecule has 1 heterocycles. The van der Waals surface area contributed by atoms with Gasteiger partial charge in [-0.2, -0.15) is 5.10 Å². The van der Waals surface area contributed by atoms with Gasteiger partial charge in [0.15, 0.2) is 16.7 Å². The molecule has 1 aromatic carbocycles. The molecule has 1 atom stereocenters. The molecule has 0 bridgehead atoms. The van der Waals surface area contributed by atoms with Crippen LogP contribution in [0.15, 0.2) is 18.2 Å². The van der Waals surface area contributed by atoms with E-state index in [1.807, 2.05) is 39.1 Å². The Kier molecular flexibility index (Phi) is 3.73. The molecule has 2 aromatic rings. The van der Waals surface area contributed by atoms with Crippen LogP contribution in [0.2, 0.25) is 5.02 Å². The van der Waals surface area contributed by atoms with Crippen LogP contribution in [-0.2, 0) is 7.05 Å². The highest BCUT2D eigenvalue weighted by Gasteiger charge is 2.15. The number of hydrogen-bond acceptors (Lipinski definition) is 3. The molecule has 4 nitrogen and oxygen atoms in total. The van der Waals surface area contributed by atoms with Crippen LogP contribution < -0.4 is 4.74 Å². The van der Waals surface area contributed by atoms with Crippen molar-refractivity contribution in [1.82, 2.24) is 14.8 Å². The number of aromatic amines is 1. The summed E-state index contributed by atoms with van der Waals surface area (Å²) in [6.45, 7) is 3.90. The molecule has 18 heavy (non-hydrogen) atoms. The summed E-state index contributed by atoms with van der Waals surface area (Å²) in [5, 5.41) is 7.46. The van der Waals surface area contributed by atoms with Gasteiger partial charge in [0.1, 0.15) is 5.75 Å². The molecule has 6 heteroatoms. The number of H-pyrrole nitrogens is 1. The minimum absolute atomic E-state index is 0.234. The molecule has 2 rings (SSSR count). The van der Waals surface area contributed by atoms with Crippen LogP contribution in [0.4, 0.5) is 0 Å². The molecule has 0 spiro atoms. The molecule has 0 aliphatic carbocycles. The zero-order valence-electron chi connectivity index (χ0n) is 10.4. The summed E-state index contributed by atoms with van der Waals surface area (Å²) in [4.78, 5) is 0. The second kappa shape index (κ2) is 5.12. The van der Waals surface area contributed by atoms with Crippen molar-refractivity contribution >= 4 is 23.8 Å². The summed E-state index contributed by atoms with van der Waals surface area (Å²) in [5.74, 6) is 1.38. The Balaban J connectivity index is 2.26. The lowest BCUT2D eigenvalue weighted by atomic mass is 10.2. The third-order valence-corrected chi connectivity index (χ3v) is 3.35. The summed E-state index contributed by atoms with van der Waals surface area (Å²) >= 11 is 11.2. The molecule has 1 N–H and O–H groups in total. The van der Waals surface area contributed by atoms with E-state index in [4.69, 9.17) is 28.6 Å². The lowest BCUT2D eigenvalue weighted by Crippen LogP contribution is -2.10. The van der Waals surface area contributed by atoms with Crippen LogP contribution in [-0.4, -0.2) is 14.8 Å². The van der Waals surface area contributed by atoms with Crippen molar-refractivity contribution in [2.24, 2.45) is 7.05 Å². The number of nitrogens with one attached hydrogen (secondary N) is 1. The van der Waals surface area contributed by atoms with E-state index < -0.39 is 0 Å². The first-order chi connectivity index (χ1) is 8.49. The molecule has 0 aliphatic rings. The maximum atomic E-state index is 6.09. The molecule has 0 aliphatic heterocycles. The van der Waals surface area contributed by atoms with Crippen molar-refractivity contribution in [2.45, 2.75) is 20.0 Å². The first kappa shape index (κ1) is 13.1. The van der Waals surface area contributed by atoms with Gasteiger partial charge in [-0.15, -0.1) is 0 Å². The van der Waals surface area contributed by atoms with Gasteiger partial charge < -0.3 is 9.30 Å². The summed E-state index contributed by atoms with van der Waals surface area (Å²) in [6, 6.07) is 5.66. The van der Waals surface area contributed by atoms with E-state index in [1.165, 1.54) is 0 Å². The molecule has 1 unspecified atom stereocenters. The van der Waals surface area contributed by atoms with E-state index in [0.717, 1.165) is 11.4 Å². The number of hydrogen-bond donors (Lipinski definition) is 1. The van der Waals surface area contributed by atoms with E-state index in [9.17, 15) is 0 Å². The fourth-order valence-corrected chi connectivity index (χ4v) is 1.97. The van der Waals surface area contributed by atoms with Gasteiger partial charge in [-0.1, -0.05) is 17.7 Å². The van der Waals surface area contributed by atoms with Gasteiger partial charge in [0.2, 0.25) is 0 Å². The Morgan fingerprint density at radius 1 is 1.50 bits per heavy atom. The molecule has 0 saturated carbocycles. The minimum atomic E-state index is -0.234. The summed E-state index contributed by atoms with van der Waals surface area (Å²) in [7, 11) is 1.85. The van der Waals surface area contributed by atoms with Gasteiger partial charge in [-0.3, -0.25) is 5.10 Å². The molecule has 1 aromatic heterocycles. The Bertz CT molecular complexity index is 620. The Labute approximate surface area is 116 Å². The van der Waals surface area contributed by atoms with E-state index in [0.29, 0.717) is 15.5 Å². The average Bonchev–Trinajstić information content (AvgIpc) is 2.65. The van der Waals surface area contributed by atoms with Crippen LogP contribution in [0.3, 0.4) is 0 Å². The zero-order chi connectivity index (χ0) is 13.3. The van der Waals surface area contributed by atoms with Gasteiger partial charge >= 0.3 is 0 Å². The van der Waals surface area contributed by atoms with Gasteiger partial charge in [0.05, 0.1) is 5.02 Å². The lowest BCUT2D eigenvalue weighted by Gasteiger charge is -2.15. The molecular weight excluding hydrogens is 270 g/mol. The average molecular weight is 284 g/mol. The number of aryl methyl sites for hydroxylation is 1. The largest absolute Gasteiger partial charge is 0.481 e. The fourth-order valence-electron chi connectivity index (χ4n) is 1.67. The van der Waals surface area contributed by atoms with E-state index >= 15 is 0 Å². The highest BCUT2D eigenvalue weighted by Crippen LogP contribution is 2.29. The second-order valence-corrected chi connectivity index (χ2v) is 4.93. The highest BCUT2D eigenvalue weighted by molar-refractivity contribution is 7.71. The standard InChI is InChI=1S/C12H14ClN3OS/c1-7-4-5-9(13)10(6-7)17-8(2)11-14-15-12(18)16(11)3/h4-6,8H,1-3H3,(H,15,18). The van der Waals surface area contributed by atoms with Crippen molar-refractivity contribution in [2.75, 3.05) is 0 Å². The highest BCUT2D eigenvalue weighted by atomic mass is 35.5. The van der Waals surface area contributed by atoms with Crippen molar-refractivity contribution < 1.29 is 4.74 Å². The van der Waals surface area contributed by atoms with E-state index in [-0.39, 0.29) is 6.10 Å². The molecule has 0 fully saturated rings. The van der Waals surface area contributed by atoms with Crippen LogP contribution in [0.25, 0.3) is 0 Å². The quantitative estimate of drug-likeness (QED) is 0.876. The Morgan fingerprint density at radius 3 is 2.83 bits per heavy atom. The zero-order valence-corrected chi connectivity index (χ0v) is 12.0. The fraction of sp³-hybridized carbons (Fsp3) is 0.333. The van der Waals surface area contributed by atoms with Gasteiger partial charge in [0.25, 0.3) is 0 Å². The predicted octanol–water partition coefficient (Wildman–Crippen LogP) is 3.58. The molecule has 0 radical (unpaired) electrons. The summed E-state index contributed by atoms with van der Waals surface area (Å²) in [6.07, 6.45) is -0.234. The number of benzene rings is 1. The number of nitrogens with zero attached hydrogens (tertiary/aromatic N) is 2. The smallest absolute Gasteiger partial charge is 0.195 e. The third-order valence-electron chi connectivity index (χ3n) is 2.67. The molecular formula is C12H14ClN3OS. The number of ether oxygens (including phenoxy) is 1. The van der Waals surface area contributed by atoms with Crippen LogP contribution in [0, 0.1) is 11.7 Å². The Morgan fingerprint density at radius 2 is 2.22 bits per heavy atom. The van der Waals surface area contributed by atoms with Crippen molar-refractivity contribution in [3.8, 4) is 5.75 Å².